The summed E-state index contributed by atoms with van der Waals surface area (Å²) in [5, 5.41) is 3.47. The molecule has 21 heavy (non-hydrogen) atoms. The van der Waals surface area contributed by atoms with E-state index in [0.717, 1.165) is 25.9 Å². The Hall–Kier alpha value is -1.04. The molecule has 0 bridgehead atoms. The van der Waals surface area contributed by atoms with Crippen molar-refractivity contribution in [2.75, 3.05) is 19.0 Å². The monoisotopic (exact) mass is 412 g/mol. The number of methoxy groups -OCH3 is 1. The number of aryl methyl sites for hydroxylation is 1. The molecule has 2 aromatic rings. The molecule has 2 rings (SSSR count). The zero-order valence-corrected chi connectivity index (χ0v) is 15.2. The van der Waals surface area contributed by atoms with E-state index in [9.17, 15) is 0 Å². The van der Waals surface area contributed by atoms with Gasteiger partial charge in [-0.05, 0) is 64.3 Å². The highest BCUT2D eigenvalue weighted by atomic mass is 79.9. The maximum absolute atomic E-state index is 5.93. The molecule has 0 fully saturated rings. The van der Waals surface area contributed by atoms with Gasteiger partial charge in [-0.25, -0.2) is 0 Å². The lowest BCUT2D eigenvalue weighted by molar-refractivity contribution is 0.412. The molecule has 0 aliphatic heterocycles. The maximum atomic E-state index is 5.93. The Kier molecular flexibility index (Phi) is 5.67. The van der Waals surface area contributed by atoms with Crippen LogP contribution >= 0.6 is 31.9 Å². The molecule has 3 N–H and O–H groups in total. The Morgan fingerprint density at radius 1 is 1.19 bits per heavy atom. The highest BCUT2D eigenvalue weighted by Crippen LogP contribution is 2.30. The minimum atomic E-state index is 0.0425. The first-order valence-electron chi connectivity index (χ1n) is 6.60. The molecular formula is C16H18Br2N2O. The molecule has 0 aromatic heterocycles. The number of rotatable bonds is 5. The van der Waals surface area contributed by atoms with Crippen molar-refractivity contribution in [3.63, 3.8) is 0 Å². The second-order valence-corrected chi connectivity index (χ2v) is 6.61. The summed E-state index contributed by atoms with van der Waals surface area (Å²) in [6.07, 6.45) is 0. The van der Waals surface area contributed by atoms with E-state index >= 15 is 0 Å². The van der Waals surface area contributed by atoms with Crippen LogP contribution < -0.4 is 15.8 Å². The van der Waals surface area contributed by atoms with Gasteiger partial charge >= 0.3 is 0 Å². The average Bonchev–Trinajstić information content (AvgIpc) is 2.43. The van der Waals surface area contributed by atoms with E-state index in [1.165, 1.54) is 5.56 Å². The lowest BCUT2D eigenvalue weighted by atomic mass is 10.1. The summed E-state index contributed by atoms with van der Waals surface area (Å²) in [5.74, 6) is 0.813. The van der Waals surface area contributed by atoms with Crippen LogP contribution in [0, 0.1) is 6.92 Å². The van der Waals surface area contributed by atoms with Crippen LogP contribution in [-0.2, 0) is 0 Å². The van der Waals surface area contributed by atoms with Crippen LogP contribution in [0.1, 0.15) is 17.2 Å². The molecule has 0 heterocycles. The highest BCUT2D eigenvalue weighted by Gasteiger charge is 2.12. The SMILES string of the molecule is COc1ccc(C(CN)Nc2cc(C)cc(Br)c2)cc1Br. The number of ether oxygens (including phenoxy) is 1. The molecule has 2 aromatic carbocycles. The Labute approximate surface area is 142 Å². The third-order valence-corrected chi connectivity index (χ3v) is 4.27. The molecule has 0 aliphatic rings. The van der Waals surface area contributed by atoms with Crippen molar-refractivity contribution >= 4 is 37.5 Å². The fourth-order valence-corrected chi connectivity index (χ4v) is 3.36. The summed E-state index contributed by atoms with van der Waals surface area (Å²) < 4.78 is 7.24. The topological polar surface area (TPSA) is 47.3 Å². The first kappa shape index (κ1) is 16.3. The van der Waals surface area contributed by atoms with Crippen LogP contribution in [0.3, 0.4) is 0 Å². The second-order valence-electron chi connectivity index (χ2n) is 4.84. The lowest BCUT2D eigenvalue weighted by Crippen LogP contribution is -2.20. The number of nitrogens with two attached hydrogens (primary N) is 1. The number of benzene rings is 2. The summed E-state index contributed by atoms with van der Waals surface area (Å²) in [6.45, 7) is 2.57. The molecular weight excluding hydrogens is 396 g/mol. The number of anilines is 1. The second kappa shape index (κ2) is 7.29. The Balaban J connectivity index is 2.25. The quantitative estimate of drug-likeness (QED) is 0.750. The van der Waals surface area contributed by atoms with Gasteiger partial charge in [0.1, 0.15) is 5.75 Å². The third-order valence-electron chi connectivity index (χ3n) is 3.20. The van der Waals surface area contributed by atoms with Crippen molar-refractivity contribution in [1.29, 1.82) is 0 Å². The van der Waals surface area contributed by atoms with E-state index in [1.54, 1.807) is 7.11 Å². The summed E-state index contributed by atoms with van der Waals surface area (Å²) in [6, 6.07) is 12.3. The first-order valence-corrected chi connectivity index (χ1v) is 8.19. The number of hydrogen-bond acceptors (Lipinski definition) is 3. The van der Waals surface area contributed by atoms with Crippen LogP contribution in [0.4, 0.5) is 5.69 Å². The molecule has 112 valence electrons. The fourth-order valence-electron chi connectivity index (χ4n) is 2.20. The molecule has 3 nitrogen and oxygen atoms in total. The third kappa shape index (κ3) is 4.22. The minimum absolute atomic E-state index is 0.0425. The largest absolute Gasteiger partial charge is 0.496 e. The van der Waals surface area contributed by atoms with Gasteiger partial charge in [0.25, 0.3) is 0 Å². The minimum Gasteiger partial charge on any atom is -0.496 e. The highest BCUT2D eigenvalue weighted by molar-refractivity contribution is 9.10. The molecule has 0 saturated carbocycles. The zero-order valence-electron chi connectivity index (χ0n) is 12.0. The summed E-state index contributed by atoms with van der Waals surface area (Å²) >= 11 is 7.03. The normalized spacial score (nSPS) is 12.0. The molecule has 0 aliphatic carbocycles. The van der Waals surface area contributed by atoms with Crippen LogP contribution in [0.2, 0.25) is 0 Å². The van der Waals surface area contributed by atoms with Crippen molar-refractivity contribution in [2.45, 2.75) is 13.0 Å². The summed E-state index contributed by atoms with van der Waals surface area (Å²) in [7, 11) is 1.66. The van der Waals surface area contributed by atoms with Crippen LogP contribution in [-0.4, -0.2) is 13.7 Å². The predicted octanol–water partition coefficient (Wildman–Crippen LogP) is 4.64. The van der Waals surface area contributed by atoms with Gasteiger partial charge in [-0.2, -0.15) is 0 Å². The molecule has 1 unspecified atom stereocenters. The number of nitrogens with one attached hydrogen (secondary N) is 1. The molecule has 0 amide bonds. The van der Waals surface area contributed by atoms with E-state index in [1.807, 2.05) is 24.3 Å². The fraction of sp³-hybridized carbons (Fsp3) is 0.250. The van der Waals surface area contributed by atoms with Crippen LogP contribution in [0.5, 0.6) is 5.75 Å². The average molecular weight is 414 g/mol. The number of halogens is 2. The maximum Gasteiger partial charge on any atom is 0.133 e. The van der Waals surface area contributed by atoms with E-state index in [4.69, 9.17) is 10.5 Å². The first-order chi connectivity index (χ1) is 10.0. The Morgan fingerprint density at radius 3 is 2.52 bits per heavy atom. The van der Waals surface area contributed by atoms with Crippen molar-refractivity contribution in [1.82, 2.24) is 0 Å². The zero-order chi connectivity index (χ0) is 15.4. The molecule has 0 saturated heterocycles. The summed E-state index contributed by atoms with van der Waals surface area (Å²) in [4.78, 5) is 0. The van der Waals surface area contributed by atoms with Gasteiger partial charge in [-0.3, -0.25) is 0 Å². The van der Waals surface area contributed by atoms with Crippen molar-refractivity contribution in [2.24, 2.45) is 5.73 Å². The van der Waals surface area contributed by atoms with E-state index in [2.05, 4.69) is 56.2 Å². The lowest BCUT2D eigenvalue weighted by Gasteiger charge is -2.20. The number of hydrogen-bond donors (Lipinski definition) is 2. The molecule has 5 heteroatoms. The predicted molar refractivity (Wildman–Crippen MR) is 95.0 cm³/mol. The standard InChI is InChI=1S/C16H18Br2N2O/c1-10-5-12(17)8-13(6-10)20-15(9-19)11-3-4-16(21-2)14(18)7-11/h3-8,15,20H,9,19H2,1-2H3. The van der Waals surface area contributed by atoms with Gasteiger partial charge < -0.3 is 15.8 Å². The Morgan fingerprint density at radius 2 is 1.95 bits per heavy atom. The summed E-state index contributed by atoms with van der Waals surface area (Å²) in [5.41, 5.74) is 9.28. The van der Waals surface area contributed by atoms with Crippen LogP contribution in [0.25, 0.3) is 0 Å². The van der Waals surface area contributed by atoms with Gasteiger partial charge in [0, 0.05) is 16.7 Å². The Bertz CT molecular complexity index is 611. The van der Waals surface area contributed by atoms with Gasteiger partial charge in [0.15, 0.2) is 0 Å². The van der Waals surface area contributed by atoms with Gasteiger partial charge in [-0.1, -0.05) is 22.0 Å². The van der Waals surface area contributed by atoms with E-state index < -0.39 is 0 Å². The van der Waals surface area contributed by atoms with Crippen molar-refractivity contribution < 1.29 is 4.74 Å². The molecule has 0 radical (unpaired) electrons. The van der Waals surface area contributed by atoms with Crippen molar-refractivity contribution in [3.8, 4) is 5.75 Å². The van der Waals surface area contributed by atoms with E-state index in [0.29, 0.717) is 6.54 Å². The smallest absolute Gasteiger partial charge is 0.133 e. The van der Waals surface area contributed by atoms with Gasteiger partial charge in [-0.15, -0.1) is 0 Å². The molecule has 1 atom stereocenters. The van der Waals surface area contributed by atoms with E-state index in [-0.39, 0.29) is 6.04 Å². The molecule has 0 spiro atoms. The van der Waals surface area contributed by atoms with Gasteiger partial charge in [0.2, 0.25) is 0 Å². The van der Waals surface area contributed by atoms with Crippen molar-refractivity contribution in [3.05, 3.63) is 56.5 Å². The van der Waals surface area contributed by atoms with Gasteiger partial charge in [0.05, 0.1) is 17.6 Å². The van der Waals surface area contributed by atoms with Crippen LogP contribution in [0.15, 0.2) is 45.3 Å².